The summed E-state index contributed by atoms with van der Waals surface area (Å²) in [4.78, 5) is 23.0. The van der Waals surface area contributed by atoms with Crippen molar-refractivity contribution in [3.8, 4) is 0 Å². The molecular formula is C7H9Cl2NO3S. The van der Waals surface area contributed by atoms with Crippen molar-refractivity contribution in [3.05, 3.63) is 11.8 Å². The number of hydrogen-bond acceptors (Lipinski definition) is 3. The molecule has 2 rings (SSSR count). The van der Waals surface area contributed by atoms with E-state index in [0.29, 0.717) is 12.2 Å². The number of aliphatic carboxylic acids is 1. The molecule has 7 heteroatoms. The van der Waals surface area contributed by atoms with E-state index < -0.39 is 5.97 Å². The van der Waals surface area contributed by atoms with Gasteiger partial charge in [0.25, 0.3) is 0 Å². The molecule has 0 aromatic rings. The van der Waals surface area contributed by atoms with Crippen LogP contribution in [0.15, 0.2) is 11.8 Å². The van der Waals surface area contributed by atoms with Gasteiger partial charge in [0.15, 0.2) is 0 Å². The minimum atomic E-state index is -1.01. The Bertz CT molecular complexity index is 295. The first-order chi connectivity index (χ1) is 5.70. The molecule has 0 spiro atoms. The Morgan fingerprint density at radius 2 is 2.21 bits per heavy atom. The molecule has 0 aromatic heterocycles. The van der Waals surface area contributed by atoms with E-state index in [1.165, 1.54) is 4.90 Å². The molecule has 0 aliphatic carbocycles. The van der Waals surface area contributed by atoms with Crippen LogP contribution >= 0.6 is 36.6 Å². The Hall–Kier alpha value is -0.390. The molecule has 2 aliphatic rings. The summed E-state index contributed by atoms with van der Waals surface area (Å²) in [6, 6.07) is 0. The van der Waals surface area contributed by atoms with Crippen LogP contribution in [0, 0.1) is 0 Å². The number of carboxylic acids is 1. The number of nitrogens with zero attached hydrogens (tertiary/aromatic N) is 1. The summed E-state index contributed by atoms with van der Waals surface area (Å²) in [5, 5.41) is 8.78. The predicted octanol–water partition coefficient (Wildman–Crippen LogP) is 1.10. The van der Waals surface area contributed by atoms with Gasteiger partial charge >= 0.3 is 5.97 Å². The van der Waals surface area contributed by atoms with Crippen LogP contribution in [0.4, 0.5) is 0 Å². The minimum Gasteiger partial charge on any atom is -0.477 e. The van der Waals surface area contributed by atoms with Crippen molar-refractivity contribution in [1.82, 2.24) is 4.90 Å². The lowest BCUT2D eigenvalue weighted by molar-refractivity contribution is -0.146. The Morgan fingerprint density at radius 1 is 1.57 bits per heavy atom. The van der Waals surface area contributed by atoms with Gasteiger partial charge < -0.3 is 5.11 Å². The van der Waals surface area contributed by atoms with Crippen LogP contribution < -0.4 is 0 Å². The van der Waals surface area contributed by atoms with E-state index in [4.69, 9.17) is 5.11 Å². The van der Waals surface area contributed by atoms with E-state index in [-0.39, 0.29) is 41.8 Å². The van der Waals surface area contributed by atoms with Gasteiger partial charge in [-0.25, -0.2) is 4.79 Å². The summed E-state index contributed by atoms with van der Waals surface area (Å²) in [6.45, 7) is 0. The fourth-order valence-corrected chi connectivity index (χ4v) is 2.45. The topological polar surface area (TPSA) is 57.6 Å². The van der Waals surface area contributed by atoms with Gasteiger partial charge in [-0.2, -0.15) is 0 Å². The Morgan fingerprint density at radius 3 is 2.64 bits per heavy atom. The molecule has 1 fully saturated rings. The number of rotatable bonds is 1. The van der Waals surface area contributed by atoms with Crippen LogP contribution in [-0.4, -0.2) is 33.0 Å². The molecule has 14 heavy (non-hydrogen) atoms. The molecule has 2 aliphatic heterocycles. The normalized spacial score (nSPS) is 23.4. The van der Waals surface area contributed by atoms with Crippen molar-refractivity contribution in [1.29, 1.82) is 0 Å². The number of β-lactam (4-membered cyclic amide) rings is 1. The maximum Gasteiger partial charge on any atom is 0.352 e. The molecule has 1 saturated heterocycles. The molecule has 0 radical (unpaired) electrons. The van der Waals surface area contributed by atoms with Gasteiger partial charge in [0.2, 0.25) is 5.91 Å². The van der Waals surface area contributed by atoms with Crippen molar-refractivity contribution in [2.75, 3.05) is 5.75 Å². The first-order valence-corrected chi connectivity index (χ1v) is 4.62. The highest BCUT2D eigenvalue weighted by atomic mass is 35.5. The lowest BCUT2D eigenvalue weighted by Gasteiger charge is -2.42. The first-order valence-electron chi connectivity index (χ1n) is 3.57. The van der Waals surface area contributed by atoms with Crippen LogP contribution in [-0.2, 0) is 9.59 Å². The number of amides is 1. The van der Waals surface area contributed by atoms with Crippen LogP contribution in [0.3, 0.4) is 0 Å². The summed E-state index contributed by atoms with van der Waals surface area (Å²) in [5.41, 5.74) is 0.148. The maximum atomic E-state index is 11.0. The van der Waals surface area contributed by atoms with Gasteiger partial charge in [-0.3, -0.25) is 9.69 Å². The summed E-state index contributed by atoms with van der Waals surface area (Å²) in [5.74, 6) is -0.398. The van der Waals surface area contributed by atoms with Gasteiger partial charge in [0, 0.05) is 5.75 Å². The quantitative estimate of drug-likeness (QED) is 0.715. The number of hydrogen-bond donors (Lipinski definition) is 1. The highest BCUT2D eigenvalue weighted by Crippen LogP contribution is 2.36. The number of carbonyl (C=O) groups excluding carboxylic acids is 1. The molecule has 1 amide bonds. The Kier molecular flexibility index (Phi) is 4.77. The summed E-state index contributed by atoms with van der Waals surface area (Å²) in [6.07, 6.45) is 2.07. The van der Waals surface area contributed by atoms with Gasteiger partial charge in [-0.1, -0.05) is 0 Å². The molecule has 2 heterocycles. The van der Waals surface area contributed by atoms with Gasteiger partial charge in [0.1, 0.15) is 5.70 Å². The monoisotopic (exact) mass is 257 g/mol. The molecule has 0 bridgehead atoms. The zero-order chi connectivity index (χ0) is 8.72. The molecule has 1 N–H and O–H groups in total. The fraction of sp³-hybridized carbons (Fsp3) is 0.429. The number of carboxylic acid groups (broad SMARTS) is 1. The smallest absolute Gasteiger partial charge is 0.352 e. The van der Waals surface area contributed by atoms with Crippen molar-refractivity contribution < 1.29 is 14.7 Å². The number of fused-ring (bicyclic) bond motifs is 1. The van der Waals surface area contributed by atoms with Crippen LogP contribution in [0.5, 0.6) is 0 Å². The highest BCUT2D eigenvalue weighted by molar-refractivity contribution is 8.00. The average molecular weight is 258 g/mol. The molecule has 0 unspecified atom stereocenters. The Balaban J connectivity index is 0.000000845. The molecular weight excluding hydrogens is 249 g/mol. The third-order valence-corrected chi connectivity index (χ3v) is 3.07. The van der Waals surface area contributed by atoms with Gasteiger partial charge in [-0.15, -0.1) is 36.6 Å². The third kappa shape index (κ3) is 1.99. The molecule has 0 aromatic carbocycles. The molecule has 4 nitrogen and oxygen atoms in total. The van der Waals surface area contributed by atoms with Crippen molar-refractivity contribution >= 4 is 48.5 Å². The zero-order valence-electron chi connectivity index (χ0n) is 7.00. The SMILES string of the molecule is Cl.Cl.O=C(O)C1=CCS[C@H]2CC(=O)N12. The summed E-state index contributed by atoms with van der Waals surface area (Å²) >= 11 is 1.60. The second-order valence-corrected chi connectivity index (χ2v) is 3.86. The van der Waals surface area contributed by atoms with Crippen molar-refractivity contribution in [2.24, 2.45) is 0 Å². The third-order valence-electron chi connectivity index (χ3n) is 1.95. The average Bonchev–Trinajstić information content (AvgIpc) is 2.01. The molecule has 0 saturated carbocycles. The van der Waals surface area contributed by atoms with Gasteiger partial charge in [0.05, 0.1) is 11.8 Å². The lowest BCUT2D eigenvalue weighted by Crippen LogP contribution is -2.52. The van der Waals surface area contributed by atoms with Crippen LogP contribution in [0.1, 0.15) is 6.42 Å². The van der Waals surface area contributed by atoms with E-state index in [1.54, 1.807) is 17.8 Å². The first kappa shape index (κ1) is 13.6. The van der Waals surface area contributed by atoms with Crippen LogP contribution in [0.25, 0.3) is 0 Å². The fourth-order valence-electron chi connectivity index (χ4n) is 1.34. The second-order valence-electron chi connectivity index (χ2n) is 2.65. The highest BCUT2D eigenvalue weighted by Gasteiger charge is 2.42. The minimum absolute atomic E-state index is 0. The zero-order valence-corrected chi connectivity index (χ0v) is 9.45. The largest absolute Gasteiger partial charge is 0.477 e. The van der Waals surface area contributed by atoms with Crippen molar-refractivity contribution in [2.45, 2.75) is 11.8 Å². The molecule has 80 valence electrons. The Labute approximate surface area is 97.5 Å². The second kappa shape index (κ2) is 4.91. The predicted molar refractivity (Wildman–Crippen MR) is 57.9 cm³/mol. The number of halogens is 2. The van der Waals surface area contributed by atoms with Crippen molar-refractivity contribution in [3.63, 3.8) is 0 Å². The van der Waals surface area contributed by atoms with Gasteiger partial charge in [-0.05, 0) is 6.08 Å². The summed E-state index contributed by atoms with van der Waals surface area (Å²) in [7, 11) is 0. The standard InChI is InChI=1S/C7H7NO3S.2ClH/c9-5-3-6-8(5)4(7(10)11)1-2-12-6;;/h1,6H,2-3H2,(H,10,11);2*1H/t6-;;/m0../s1. The molecule has 1 atom stereocenters. The van der Waals surface area contributed by atoms with E-state index in [1.807, 2.05) is 0 Å². The van der Waals surface area contributed by atoms with E-state index in [0.717, 1.165) is 0 Å². The number of thioether (sulfide) groups is 1. The number of carbonyl (C=O) groups is 2. The van der Waals surface area contributed by atoms with E-state index in [2.05, 4.69) is 0 Å². The van der Waals surface area contributed by atoms with E-state index in [9.17, 15) is 9.59 Å². The summed E-state index contributed by atoms with van der Waals surface area (Å²) < 4.78 is 0. The maximum absolute atomic E-state index is 11.0. The van der Waals surface area contributed by atoms with E-state index >= 15 is 0 Å². The lowest BCUT2D eigenvalue weighted by atomic mass is 10.1. The van der Waals surface area contributed by atoms with Crippen LogP contribution in [0.2, 0.25) is 0 Å².